The number of carbonyl (C=O) groups is 1. The van der Waals surface area contributed by atoms with Crippen LogP contribution in [-0.4, -0.2) is 23.4 Å². The highest BCUT2D eigenvalue weighted by Crippen LogP contribution is 2.14. The monoisotopic (exact) mass is 259 g/mol. The fourth-order valence-corrected chi connectivity index (χ4v) is 2.15. The first-order valence-corrected chi connectivity index (χ1v) is 6.44. The summed E-state index contributed by atoms with van der Waals surface area (Å²) in [7, 11) is 1.74. The first-order chi connectivity index (χ1) is 8.90. The maximum absolute atomic E-state index is 12.2. The van der Waals surface area contributed by atoms with Gasteiger partial charge >= 0.3 is 0 Å². The predicted octanol–water partition coefficient (Wildman–Crippen LogP) is 2.03. The van der Waals surface area contributed by atoms with Crippen molar-refractivity contribution in [3.8, 4) is 6.07 Å². The molecule has 0 heterocycles. The van der Waals surface area contributed by atoms with Gasteiger partial charge in [-0.25, -0.2) is 0 Å². The SMILES string of the molecule is CCCC(C)(N)C(=O)N(C)Cc1cccc(C#N)c1. The molecule has 4 heteroatoms. The van der Waals surface area contributed by atoms with Crippen LogP contribution in [0.4, 0.5) is 0 Å². The molecule has 0 aromatic heterocycles. The van der Waals surface area contributed by atoms with Gasteiger partial charge in [0, 0.05) is 13.6 Å². The lowest BCUT2D eigenvalue weighted by Crippen LogP contribution is -2.51. The molecule has 1 aromatic carbocycles. The molecule has 4 nitrogen and oxygen atoms in total. The summed E-state index contributed by atoms with van der Waals surface area (Å²) < 4.78 is 0. The average Bonchev–Trinajstić information content (AvgIpc) is 2.38. The van der Waals surface area contributed by atoms with Crippen molar-refractivity contribution in [1.29, 1.82) is 5.26 Å². The van der Waals surface area contributed by atoms with Gasteiger partial charge in [0.15, 0.2) is 0 Å². The Morgan fingerprint density at radius 3 is 2.79 bits per heavy atom. The van der Waals surface area contributed by atoms with Crippen LogP contribution in [0.2, 0.25) is 0 Å². The lowest BCUT2D eigenvalue weighted by atomic mass is 9.95. The van der Waals surface area contributed by atoms with Gasteiger partial charge in [-0.1, -0.05) is 25.5 Å². The van der Waals surface area contributed by atoms with Crippen LogP contribution >= 0.6 is 0 Å². The largest absolute Gasteiger partial charge is 0.340 e. The topological polar surface area (TPSA) is 70.1 Å². The number of nitriles is 1. The van der Waals surface area contributed by atoms with E-state index in [4.69, 9.17) is 11.0 Å². The standard InChI is InChI=1S/C15H21N3O/c1-4-8-15(2,17)14(19)18(3)11-13-7-5-6-12(9-13)10-16/h5-7,9H,4,8,11,17H2,1-3H3. The van der Waals surface area contributed by atoms with Crippen molar-refractivity contribution in [1.82, 2.24) is 4.90 Å². The number of hydrogen-bond donors (Lipinski definition) is 1. The van der Waals surface area contributed by atoms with Gasteiger partial charge in [0.05, 0.1) is 17.2 Å². The third-order valence-electron chi connectivity index (χ3n) is 3.08. The van der Waals surface area contributed by atoms with Crippen LogP contribution in [0, 0.1) is 11.3 Å². The van der Waals surface area contributed by atoms with Gasteiger partial charge in [0.25, 0.3) is 0 Å². The van der Waals surface area contributed by atoms with Gasteiger partial charge < -0.3 is 10.6 Å². The van der Waals surface area contributed by atoms with Crippen LogP contribution < -0.4 is 5.73 Å². The Morgan fingerprint density at radius 2 is 2.21 bits per heavy atom. The fourth-order valence-electron chi connectivity index (χ4n) is 2.15. The van der Waals surface area contributed by atoms with Gasteiger partial charge in [0.1, 0.15) is 0 Å². The Morgan fingerprint density at radius 1 is 1.53 bits per heavy atom. The van der Waals surface area contributed by atoms with Gasteiger partial charge in [0.2, 0.25) is 5.91 Å². The van der Waals surface area contributed by atoms with E-state index in [-0.39, 0.29) is 5.91 Å². The number of likely N-dealkylation sites (N-methyl/N-ethyl adjacent to an activating group) is 1. The second-order valence-electron chi connectivity index (χ2n) is 5.14. The summed E-state index contributed by atoms with van der Waals surface area (Å²) in [6, 6.07) is 9.35. The molecule has 0 fully saturated rings. The van der Waals surface area contributed by atoms with Gasteiger partial charge in [-0.05, 0) is 31.0 Å². The number of rotatable bonds is 5. The molecule has 1 rings (SSSR count). The zero-order valence-electron chi connectivity index (χ0n) is 11.8. The number of carbonyl (C=O) groups excluding carboxylic acids is 1. The maximum atomic E-state index is 12.2. The van der Waals surface area contributed by atoms with E-state index in [1.807, 2.05) is 19.1 Å². The summed E-state index contributed by atoms with van der Waals surface area (Å²) in [4.78, 5) is 13.9. The lowest BCUT2D eigenvalue weighted by molar-refractivity contribution is -0.135. The molecule has 1 aromatic rings. The van der Waals surface area contributed by atoms with Crippen LogP contribution in [0.1, 0.15) is 37.8 Å². The third-order valence-corrected chi connectivity index (χ3v) is 3.08. The third kappa shape index (κ3) is 4.08. The molecule has 0 saturated heterocycles. The van der Waals surface area contributed by atoms with Crippen molar-refractivity contribution in [2.45, 2.75) is 38.8 Å². The molecule has 0 aliphatic heterocycles. The first kappa shape index (κ1) is 15.2. The maximum Gasteiger partial charge on any atom is 0.242 e. The Hall–Kier alpha value is -1.86. The average molecular weight is 259 g/mol. The van der Waals surface area contributed by atoms with E-state index in [2.05, 4.69) is 6.07 Å². The molecule has 1 amide bonds. The summed E-state index contributed by atoms with van der Waals surface area (Å²) in [6.07, 6.45) is 1.53. The van der Waals surface area contributed by atoms with Crippen molar-refractivity contribution in [3.05, 3.63) is 35.4 Å². The van der Waals surface area contributed by atoms with E-state index >= 15 is 0 Å². The minimum Gasteiger partial charge on any atom is -0.340 e. The summed E-state index contributed by atoms with van der Waals surface area (Å²) in [5.74, 6) is -0.0725. The molecule has 2 N–H and O–H groups in total. The minimum atomic E-state index is -0.823. The number of hydrogen-bond acceptors (Lipinski definition) is 3. The van der Waals surface area contributed by atoms with Crippen LogP contribution in [0.25, 0.3) is 0 Å². The lowest BCUT2D eigenvalue weighted by Gasteiger charge is -2.29. The molecule has 1 unspecified atom stereocenters. The van der Waals surface area contributed by atoms with Gasteiger partial charge in [-0.15, -0.1) is 0 Å². The zero-order valence-corrected chi connectivity index (χ0v) is 11.8. The Bertz CT molecular complexity index is 488. The molecule has 0 aliphatic rings. The minimum absolute atomic E-state index is 0.0725. The zero-order chi connectivity index (χ0) is 14.5. The van der Waals surface area contributed by atoms with E-state index in [9.17, 15) is 4.79 Å². The Balaban J connectivity index is 2.76. The summed E-state index contributed by atoms with van der Waals surface area (Å²) >= 11 is 0. The molecule has 0 spiro atoms. The number of nitrogens with zero attached hydrogens (tertiary/aromatic N) is 2. The van der Waals surface area contributed by atoms with Crippen molar-refractivity contribution in [2.75, 3.05) is 7.05 Å². The van der Waals surface area contributed by atoms with E-state index in [1.165, 1.54) is 0 Å². The Labute approximate surface area is 114 Å². The molecule has 0 saturated carbocycles. The molecule has 0 aliphatic carbocycles. The number of benzene rings is 1. The van der Waals surface area contributed by atoms with Crippen molar-refractivity contribution < 1.29 is 4.79 Å². The molecule has 0 radical (unpaired) electrons. The van der Waals surface area contributed by atoms with E-state index in [0.717, 1.165) is 12.0 Å². The highest BCUT2D eigenvalue weighted by molar-refractivity contribution is 5.85. The van der Waals surface area contributed by atoms with E-state index in [0.29, 0.717) is 18.5 Å². The van der Waals surface area contributed by atoms with Crippen molar-refractivity contribution in [2.24, 2.45) is 5.73 Å². The molecule has 0 bridgehead atoms. The Kier molecular flexibility index (Phi) is 5.08. The van der Waals surface area contributed by atoms with Crippen LogP contribution in [0.5, 0.6) is 0 Å². The summed E-state index contributed by atoms with van der Waals surface area (Å²) in [6.45, 7) is 4.24. The molecule has 1 atom stereocenters. The number of amides is 1. The van der Waals surface area contributed by atoms with Gasteiger partial charge in [-0.2, -0.15) is 5.26 Å². The summed E-state index contributed by atoms with van der Waals surface area (Å²) in [5.41, 5.74) is 6.75. The van der Waals surface area contributed by atoms with Crippen molar-refractivity contribution in [3.63, 3.8) is 0 Å². The molecular weight excluding hydrogens is 238 g/mol. The molecule has 19 heavy (non-hydrogen) atoms. The van der Waals surface area contributed by atoms with E-state index in [1.54, 1.807) is 31.0 Å². The van der Waals surface area contributed by atoms with E-state index < -0.39 is 5.54 Å². The highest BCUT2D eigenvalue weighted by Gasteiger charge is 2.29. The highest BCUT2D eigenvalue weighted by atomic mass is 16.2. The second kappa shape index (κ2) is 6.35. The van der Waals surface area contributed by atoms with Gasteiger partial charge in [-0.3, -0.25) is 4.79 Å². The summed E-state index contributed by atoms with van der Waals surface area (Å²) in [5, 5.41) is 8.85. The molecular formula is C15H21N3O. The normalized spacial score (nSPS) is 13.4. The smallest absolute Gasteiger partial charge is 0.242 e. The molecule has 102 valence electrons. The first-order valence-electron chi connectivity index (χ1n) is 6.44. The fraction of sp³-hybridized carbons (Fsp3) is 0.467. The van der Waals surface area contributed by atoms with Crippen LogP contribution in [0.15, 0.2) is 24.3 Å². The number of nitrogens with two attached hydrogens (primary N) is 1. The van der Waals surface area contributed by atoms with Crippen molar-refractivity contribution >= 4 is 5.91 Å². The van der Waals surface area contributed by atoms with Crippen LogP contribution in [-0.2, 0) is 11.3 Å². The second-order valence-corrected chi connectivity index (χ2v) is 5.14. The predicted molar refractivity (Wildman–Crippen MR) is 75.1 cm³/mol. The van der Waals surface area contributed by atoms with Crippen LogP contribution in [0.3, 0.4) is 0 Å². The quantitative estimate of drug-likeness (QED) is 0.879.